The van der Waals surface area contributed by atoms with Gasteiger partial charge in [-0.2, -0.15) is 0 Å². The van der Waals surface area contributed by atoms with Gasteiger partial charge in [-0.25, -0.2) is 0 Å². The fourth-order valence-electron chi connectivity index (χ4n) is 0.841. The number of rotatable bonds is 2. The first kappa shape index (κ1) is 13.5. The van der Waals surface area contributed by atoms with E-state index in [9.17, 15) is 0 Å². The lowest BCUT2D eigenvalue weighted by atomic mass is 10.1. The molecule has 1 atom stereocenters. The van der Waals surface area contributed by atoms with Crippen molar-refractivity contribution in [3.8, 4) is 0 Å². The van der Waals surface area contributed by atoms with Crippen LogP contribution in [0.25, 0.3) is 0 Å². The van der Waals surface area contributed by atoms with E-state index in [4.69, 9.17) is 0 Å². The summed E-state index contributed by atoms with van der Waals surface area (Å²) in [5, 5.41) is 3.47. The van der Waals surface area contributed by atoms with E-state index < -0.39 is 0 Å². The maximum Gasteiger partial charge on any atom is 0.00989 e. The van der Waals surface area contributed by atoms with Gasteiger partial charge in [0.2, 0.25) is 0 Å². The summed E-state index contributed by atoms with van der Waals surface area (Å²) in [5.74, 6) is 0. The Hall–Kier alpha value is -0.0400. The Kier molecular flexibility index (Phi) is 8.20. The van der Waals surface area contributed by atoms with Crippen molar-refractivity contribution in [2.75, 3.05) is 0 Å². The average molecular weight is 161 g/mol. The molecule has 0 rings (SSSR count). The van der Waals surface area contributed by atoms with Crippen molar-refractivity contribution in [2.45, 2.75) is 66.5 Å². The second kappa shape index (κ2) is 6.66. The molecule has 1 unspecified atom stereocenters. The first-order valence-corrected chi connectivity index (χ1v) is 4.73. The molecule has 1 N–H and O–H groups in total. The Morgan fingerprint density at radius 2 is 1.64 bits per heavy atom. The van der Waals surface area contributed by atoms with E-state index in [1.807, 2.05) is 13.8 Å². The standard InChI is InChI=1S/C8H19N.C2H6.H2/c1-6-7(2)9-8(3,4)5;1-2;/h7,9H,6H2,1-5H3;1-2H3;1H. The first-order chi connectivity index (χ1) is 4.95. The lowest BCUT2D eigenvalue weighted by Gasteiger charge is -2.25. The van der Waals surface area contributed by atoms with Gasteiger partial charge in [-0.1, -0.05) is 20.8 Å². The quantitative estimate of drug-likeness (QED) is 0.654. The minimum absolute atomic E-state index is 0. The molecular weight excluding hydrogens is 134 g/mol. The molecule has 0 spiro atoms. The first-order valence-electron chi connectivity index (χ1n) is 4.73. The van der Waals surface area contributed by atoms with Gasteiger partial charge in [-0.15, -0.1) is 0 Å². The van der Waals surface area contributed by atoms with Gasteiger partial charge in [0.15, 0.2) is 0 Å². The normalized spacial score (nSPS) is 13.4. The fraction of sp³-hybridized carbons (Fsp3) is 1.00. The number of hydrogen-bond donors (Lipinski definition) is 1. The maximum atomic E-state index is 3.47. The third-order valence-corrected chi connectivity index (χ3v) is 1.29. The van der Waals surface area contributed by atoms with E-state index in [0.717, 1.165) is 0 Å². The molecule has 0 bridgehead atoms. The molecule has 0 aromatic rings. The van der Waals surface area contributed by atoms with Gasteiger partial charge in [0.05, 0.1) is 0 Å². The Balaban J connectivity index is -0.000000249. The zero-order chi connectivity index (χ0) is 9.49. The zero-order valence-corrected chi connectivity index (χ0v) is 9.28. The summed E-state index contributed by atoms with van der Waals surface area (Å²) >= 11 is 0. The van der Waals surface area contributed by atoms with Crippen molar-refractivity contribution in [1.82, 2.24) is 5.32 Å². The van der Waals surface area contributed by atoms with Crippen LogP contribution in [-0.2, 0) is 0 Å². The highest BCUT2D eigenvalue weighted by molar-refractivity contribution is 4.73. The van der Waals surface area contributed by atoms with Crippen molar-refractivity contribution in [2.24, 2.45) is 0 Å². The minimum Gasteiger partial charge on any atom is -0.310 e. The van der Waals surface area contributed by atoms with Crippen molar-refractivity contribution in [3.05, 3.63) is 0 Å². The van der Waals surface area contributed by atoms with Gasteiger partial charge >= 0.3 is 0 Å². The Bertz CT molecular complexity index is 76.4. The highest BCUT2D eigenvalue weighted by Crippen LogP contribution is 2.02. The topological polar surface area (TPSA) is 12.0 Å². The van der Waals surface area contributed by atoms with Crippen LogP contribution in [0.2, 0.25) is 0 Å². The molecular formula is C10H27N. The lowest BCUT2D eigenvalue weighted by Crippen LogP contribution is -2.41. The van der Waals surface area contributed by atoms with Crippen molar-refractivity contribution >= 4 is 0 Å². The Labute approximate surface area is 74.1 Å². The van der Waals surface area contributed by atoms with E-state index in [2.05, 4.69) is 39.9 Å². The predicted molar refractivity (Wildman–Crippen MR) is 56.1 cm³/mol. The van der Waals surface area contributed by atoms with Crippen LogP contribution in [0.3, 0.4) is 0 Å². The monoisotopic (exact) mass is 161 g/mol. The molecule has 0 aromatic heterocycles. The van der Waals surface area contributed by atoms with Crippen LogP contribution in [0, 0.1) is 0 Å². The van der Waals surface area contributed by atoms with Crippen molar-refractivity contribution < 1.29 is 1.43 Å². The molecule has 72 valence electrons. The van der Waals surface area contributed by atoms with E-state index in [0.29, 0.717) is 6.04 Å². The van der Waals surface area contributed by atoms with E-state index in [1.165, 1.54) is 6.42 Å². The third-order valence-electron chi connectivity index (χ3n) is 1.29. The van der Waals surface area contributed by atoms with E-state index >= 15 is 0 Å². The van der Waals surface area contributed by atoms with Crippen LogP contribution in [0.4, 0.5) is 0 Å². The van der Waals surface area contributed by atoms with Crippen LogP contribution in [0.1, 0.15) is 56.3 Å². The molecule has 0 heterocycles. The van der Waals surface area contributed by atoms with Crippen molar-refractivity contribution in [3.63, 3.8) is 0 Å². The van der Waals surface area contributed by atoms with Crippen LogP contribution in [-0.4, -0.2) is 11.6 Å². The summed E-state index contributed by atoms with van der Waals surface area (Å²) in [5.41, 5.74) is 0.273. The largest absolute Gasteiger partial charge is 0.310 e. The van der Waals surface area contributed by atoms with Gasteiger partial charge < -0.3 is 5.32 Å². The zero-order valence-electron chi connectivity index (χ0n) is 9.28. The fourth-order valence-corrected chi connectivity index (χ4v) is 0.841. The summed E-state index contributed by atoms with van der Waals surface area (Å²) in [6, 6.07) is 0.644. The molecule has 11 heavy (non-hydrogen) atoms. The lowest BCUT2D eigenvalue weighted by molar-refractivity contribution is 0.367. The highest BCUT2D eigenvalue weighted by Gasteiger charge is 2.10. The molecule has 0 aliphatic rings. The molecule has 0 fully saturated rings. The molecule has 0 saturated heterocycles. The van der Waals surface area contributed by atoms with Gasteiger partial charge in [0.25, 0.3) is 0 Å². The summed E-state index contributed by atoms with van der Waals surface area (Å²) in [4.78, 5) is 0. The molecule has 0 aromatic carbocycles. The summed E-state index contributed by atoms with van der Waals surface area (Å²) in [6.45, 7) is 15.0. The highest BCUT2D eigenvalue weighted by atomic mass is 15.0. The summed E-state index contributed by atoms with van der Waals surface area (Å²) < 4.78 is 0. The minimum atomic E-state index is 0. The smallest absolute Gasteiger partial charge is 0.00989 e. The Morgan fingerprint density at radius 3 is 1.73 bits per heavy atom. The second-order valence-electron chi connectivity index (χ2n) is 3.70. The van der Waals surface area contributed by atoms with E-state index in [-0.39, 0.29) is 6.97 Å². The van der Waals surface area contributed by atoms with Crippen LogP contribution < -0.4 is 5.32 Å². The molecule has 0 aliphatic carbocycles. The van der Waals surface area contributed by atoms with Crippen LogP contribution in [0.5, 0.6) is 0 Å². The van der Waals surface area contributed by atoms with Gasteiger partial charge in [-0.3, -0.25) is 0 Å². The second-order valence-corrected chi connectivity index (χ2v) is 3.70. The number of nitrogens with one attached hydrogen (secondary N) is 1. The van der Waals surface area contributed by atoms with Crippen LogP contribution in [0.15, 0.2) is 0 Å². The molecule has 0 saturated carbocycles. The molecule has 1 heteroatoms. The van der Waals surface area contributed by atoms with Gasteiger partial charge in [0, 0.05) is 13.0 Å². The Morgan fingerprint density at radius 1 is 1.27 bits per heavy atom. The van der Waals surface area contributed by atoms with Crippen molar-refractivity contribution in [1.29, 1.82) is 0 Å². The van der Waals surface area contributed by atoms with Gasteiger partial charge in [-0.05, 0) is 34.1 Å². The predicted octanol–water partition coefficient (Wildman–Crippen LogP) is 3.45. The SMILES string of the molecule is CC.CCC(C)NC(C)(C)C.[HH]. The van der Waals surface area contributed by atoms with Gasteiger partial charge in [0.1, 0.15) is 0 Å². The average Bonchev–Trinajstić information content (AvgIpc) is 1.89. The summed E-state index contributed by atoms with van der Waals surface area (Å²) in [6.07, 6.45) is 1.21. The number of hydrogen-bond acceptors (Lipinski definition) is 1. The summed E-state index contributed by atoms with van der Waals surface area (Å²) in [7, 11) is 0. The molecule has 0 amide bonds. The molecule has 0 radical (unpaired) electrons. The third kappa shape index (κ3) is 13.0. The molecule has 1 nitrogen and oxygen atoms in total. The maximum absolute atomic E-state index is 3.47. The van der Waals surface area contributed by atoms with Crippen LogP contribution >= 0.6 is 0 Å². The molecule has 0 aliphatic heterocycles. The van der Waals surface area contributed by atoms with E-state index in [1.54, 1.807) is 0 Å².